The highest BCUT2D eigenvalue weighted by molar-refractivity contribution is 7.90. The van der Waals surface area contributed by atoms with E-state index in [9.17, 15) is 13.2 Å². The number of hydrogen-bond donors (Lipinski definition) is 2. The van der Waals surface area contributed by atoms with Gasteiger partial charge < -0.3 is 11.1 Å². The maximum atomic E-state index is 12.0. The Balaban J connectivity index is 2.19. The molecule has 0 aliphatic heterocycles. The van der Waals surface area contributed by atoms with E-state index >= 15 is 0 Å². The molecule has 5 nitrogen and oxygen atoms in total. The molecule has 0 saturated carbocycles. The van der Waals surface area contributed by atoms with Crippen LogP contribution in [0, 0.1) is 0 Å². The smallest absolute Gasteiger partial charge is 0.253 e. The minimum absolute atomic E-state index is 0.0733. The fourth-order valence-corrected chi connectivity index (χ4v) is 2.37. The first-order valence-corrected chi connectivity index (χ1v) is 8.17. The van der Waals surface area contributed by atoms with Crippen molar-refractivity contribution in [3.05, 3.63) is 42.0 Å². The molecule has 0 bridgehead atoms. The summed E-state index contributed by atoms with van der Waals surface area (Å²) in [4.78, 5) is 12.0. The van der Waals surface area contributed by atoms with Crippen LogP contribution in [0.25, 0.3) is 10.8 Å². The third kappa shape index (κ3) is 3.48. The van der Waals surface area contributed by atoms with E-state index in [1.54, 1.807) is 12.1 Å². The van der Waals surface area contributed by atoms with Gasteiger partial charge in [-0.1, -0.05) is 24.3 Å². The van der Waals surface area contributed by atoms with Crippen molar-refractivity contribution in [2.24, 2.45) is 0 Å². The predicted octanol–water partition coefficient (Wildman–Crippen LogP) is 1.20. The summed E-state index contributed by atoms with van der Waals surface area (Å²) in [6, 6.07) is 11.0. The molecule has 0 fully saturated rings. The third-order valence-electron chi connectivity index (χ3n) is 2.92. The van der Waals surface area contributed by atoms with Crippen LogP contribution in [0.1, 0.15) is 10.4 Å². The molecule has 20 heavy (non-hydrogen) atoms. The van der Waals surface area contributed by atoms with E-state index in [2.05, 4.69) is 5.32 Å². The third-order valence-corrected chi connectivity index (χ3v) is 3.87. The number of hydrogen-bond acceptors (Lipinski definition) is 4. The van der Waals surface area contributed by atoms with Gasteiger partial charge in [-0.2, -0.15) is 0 Å². The van der Waals surface area contributed by atoms with Crippen molar-refractivity contribution in [2.45, 2.75) is 0 Å². The summed E-state index contributed by atoms with van der Waals surface area (Å²) in [5, 5.41) is 4.43. The molecule has 0 spiro atoms. The number of fused-ring (bicyclic) bond motifs is 1. The molecule has 106 valence electrons. The minimum atomic E-state index is -3.09. The van der Waals surface area contributed by atoms with Crippen LogP contribution in [-0.2, 0) is 9.84 Å². The minimum Gasteiger partial charge on any atom is -0.398 e. The molecule has 0 atom stereocenters. The van der Waals surface area contributed by atoms with Gasteiger partial charge in [0.2, 0.25) is 0 Å². The first-order valence-electron chi connectivity index (χ1n) is 6.11. The van der Waals surface area contributed by atoms with E-state index in [4.69, 9.17) is 5.73 Å². The second-order valence-electron chi connectivity index (χ2n) is 4.67. The average Bonchev–Trinajstić information content (AvgIpc) is 2.36. The summed E-state index contributed by atoms with van der Waals surface area (Å²) in [6.45, 7) is 0.0733. The van der Waals surface area contributed by atoms with Gasteiger partial charge in [0.25, 0.3) is 5.91 Å². The molecule has 6 heteroatoms. The van der Waals surface area contributed by atoms with Gasteiger partial charge in [0.1, 0.15) is 9.84 Å². The van der Waals surface area contributed by atoms with E-state index in [1.165, 1.54) is 0 Å². The van der Waals surface area contributed by atoms with Crippen LogP contribution in [-0.4, -0.2) is 32.9 Å². The van der Waals surface area contributed by atoms with Gasteiger partial charge in [0.05, 0.1) is 11.3 Å². The van der Waals surface area contributed by atoms with Gasteiger partial charge in [-0.15, -0.1) is 0 Å². The number of carbonyl (C=O) groups is 1. The van der Waals surface area contributed by atoms with Crippen LogP contribution in [0.2, 0.25) is 0 Å². The second-order valence-corrected chi connectivity index (χ2v) is 6.93. The quantitative estimate of drug-likeness (QED) is 0.829. The summed E-state index contributed by atoms with van der Waals surface area (Å²) >= 11 is 0. The van der Waals surface area contributed by atoms with Gasteiger partial charge in [-0.3, -0.25) is 4.79 Å². The fourth-order valence-electron chi connectivity index (χ4n) is 1.90. The lowest BCUT2D eigenvalue weighted by Gasteiger charge is -2.09. The standard InChI is InChI=1S/C14H16N2O3S/c1-20(18,19)7-6-16-14(17)12-8-10-4-2-3-5-11(10)9-13(12)15/h2-5,8-9H,6-7,15H2,1H3,(H,16,17). The zero-order chi connectivity index (χ0) is 14.8. The Morgan fingerprint density at radius 3 is 2.40 bits per heavy atom. The van der Waals surface area contributed by atoms with E-state index in [0.29, 0.717) is 11.3 Å². The largest absolute Gasteiger partial charge is 0.398 e. The SMILES string of the molecule is CS(=O)(=O)CCNC(=O)c1cc2ccccc2cc1N. The van der Waals surface area contributed by atoms with Crippen molar-refractivity contribution < 1.29 is 13.2 Å². The molecular weight excluding hydrogens is 276 g/mol. The number of benzene rings is 2. The molecule has 0 saturated heterocycles. The van der Waals surface area contributed by atoms with Crippen molar-refractivity contribution in [1.82, 2.24) is 5.32 Å². The van der Waals surface area contributed by atoms with Crippen LogP contribution in [0.15, 0.2) is 36.4 Å². The molecule has 3 N–H and O–H groups in total. The molecule has 2 aromatic rings. The Bertz CT molecular complexity index is 754. The van der Waals surface area contributed by atoms with Crippen molar-refractivity contribution in [3.63, 3.8) is 0 Å². The molecule has 0 unspecified atom stereocenters. The normalized spacial score (nSPS) is 11.4. The summed E-state index contributed by atoms with van der Waals surface area (Å²) in [6.07, 6.45) is 1.13. The Labute approximate surface area is 117 Å². The highest BCUT2D eigenvalue weighted by atomic mass is 32.2. The first-order chi connectivity index (χ1) is 9.37. The summed E-state index contributed by atoms with van der Waals surface area (Å²) < 4.78 is 22.0. The number of carbonyl (C=O) groups excluding carboxylic acids is 1. The number of amides is 1. The Hall–Kier alpha value is -2.08. The zero-order valence-corrected chi connectivity index (χ0v) is 11.9. The van der Waals surface area contributed by atoms with Crippen LogP contribution in [0.4, 0.5) is 5.69 Å². The first kappa shape index (κ1) is 14.3. The van der Waals surface area contributed by atoms with Crippen LogP contribution >= 0.6 is 0 Å². The predicted molar refractivity (Wildman–Crippen MR) is 80.4 cm³/mol. The lowest BCUT2D eigenvalue weighted by Crippen LogP contribution is -2.29. The Kier molecular flexibility index (Phi) is 3.94. The van der Waals surface area contributed by atoms with E-state index in [0.717, 1.165) is 17.0 Å². The zero-order valence-electron chi connectivity index (χ0n) is 11.1. The Morgan fingerprint density at radius 2 is 1.80 bits per heavy atom. The highest BCUT2D eigenvalue weighted by Gasteiger charge is 2.11. The van der Waals surface area contributed by atoms with E-state index in [1.807, 2.05) is 24.3 Å². The van der Waals surface area contributed by atoms with Crippen molar-refractivity contribution in [1.29, 1.82) is 0 Å². The second kappa shape index (κ2) is 5.50. The fraction of sp³-hybridized carbons (Fsp3) is 0.214. The number of sulfone groups is 1. The molecule has 0 aromatic heterocycles. The van der Waals surface area contributed by atoms with Crippen molar-refractivity contribution in [2.75, 3.05) is 24.3 Å². The average molecular weight is 292 g/mol. The van der Waals surface area contributed by atoms with Crippen molar-refractivity contribution in [3.8, 4) is 0 Å². The summed E-state index contributed by atoms with van der Waals surface area (Å²) in [7, 11) is -3.09. The van der Waals surface area contributed by atoms with Gasteiger partial charge in [-0.05, 0) is 22.9 Å². The number of nitrogen functional groups attached to an aromatic ring is 1. The molecule has 0 aliphatic rings. The van der Waals surface area contributed by atoms with Crippen LogP contribution < -0.4 is 11.1 Å². The summed E-state index contributed by atoms with van der Waals surface area (Å²) in [5.41, 5.74) is 6.60. The van der Waals surface area contributed by atoms with Gasteiger partial charge in [0.15, 0.2) is 0 Å². The van der Waals surface area contributed by atoms with Crippen LogP contribution in [0.5, 0.6) is 0 Å². The number of rotatable bonds is 4. The molecule has 1 amide bonds. The molecule has 2 rings (SSSR count). The highest BCUT2D eigenvalue weighted by Crippen LogP contribution is 2.21. The lowest BCUT2D eigenvalue weighted by molar-refractivity contribution is 0.0957. The van der Waals surface area contributed by atoms with Crippen LogP contribution in [0.3, 0.4) is 0 Å². The van der Waals surface area contributed by atoms with Crippen molar-refractivity contribution >= 4 is 32.2 Å². The number of anilines is 1. The summed E-state index contributed by atoms with van der Waals surface area (Å²) in [5.74, 6) is -0.455. The van der Waals surface area contributed by atoms with E-state index in [-0.39, 0.29) is 18.2 Å². The molecule has 0 aliphatic carbocycles. The monoisotopic (exact) mass is 292 g/mol. The van der Waals surface area contributed by atoms with Gasteiger partial charge in [-0.25, -0.2) is 8.42 Å². The van der Waals surface area contributed by atoms with E-state index < -0.39 is 9.84 Å². The number of nitrogens with one attached hydrogen (secondary N) is 1. The topological polar surface area (TPSA) is 89.3 Å². The number of nitrogens with two attached hydrogens (primary N) is 1. The maximum absolute atomic E-state index is 12.0. The van der Waals surface area contributed by atoms with Gasteiger partial charge >= 0.3 is 0 Å². The molecule has 0 heterocycles. The molecule has 2 aromatic carbocycles. The maximum Gasteiger partial charge on any atom is 0.253 e. The van der Waals surface area contributed by atoms with Gasteiger partial charge in [0, 0.05) is 18.5 Å². The Morgan fingerprint density at radius 1 is 1.20 bits per heavy atom. The molecule has 0 radical (unpaired) electrons. The lowest BCUT2D eigenvalue weighted by atomic mass is 10.0. The molecular formula is C14H16N2O3S.